The summed E-state index contributed by atoms with van der Waals surface area (Å²) in [5.74, 6) is 0. The van der Waals surface area contributed by atoms with Crippen LogP contribution in [0, 0.1) is 0 Å². The average Bonchev–Trinajstić information content (AvgIpc) is 2.71. The Morgan fingerprint density at radius 3 is 2.56 bits per heavy atom. The van der Waals surface area contributed by atoms with Gasteiger partial charge in [-0.05, 0) is 40.5 Å². The van der Waals surface area contributed by atoms with Crippen molar-refractivity contribution >= 4 is 0 Å². The van der Waals surface area contributed by atoms with Gasteiger partial charge in [-0.3, -0.25) is 4.90 Å². The van der Waals surface area contributed by atoms with Crippen molar-refractivity contribution in [2.45, 2.75) is 70.6 Å². The topological polar surface area (TPSA) is 24.5 Å². The molecule has 1 spiro atoms. The van der Waals surface area contributed by atoms with E-state index in [4.69, 9.17) is 4.74 Å². The van der Waals surface area contributed by atoms with Gasteiger partial charge in [0.1, 0.15) is 0 Å². The second kappa shape index (κ2) is 5.48. The molecular formula is C15H30N2O. The highest BCUT2D eigenvalue weighted by atomic mass is 16.5. The first-order valence-electron chi connectivity index (χ1n) is 7.54. The van der Waals surface area contributed by atoms with E-state index in [0.717, 1.165) is 13.2 Å². The van der Waals surface area contributed by atoms with Gasteiger partial charge in [0.25, 0.3) is 0 Å². The maximum atomic E-state index is 5.91. The number of nitrogens with one attached hydrogen (secondary N) is 1. The van der Waals surface area contributed by atoms with Crippen molar-refractivity contribution in [2.75, 3.05) is 26.2 Å². The summed E-state index contributed by atoms with van der Waals surface area (Å²) in [7, 11) is 0. The Morgan fingerprint density at radius 2 is 1.94 bits per heavy atom. The molecule has 0 radical (unpaired) electrons. The molecule has 0 aromatic rings. The van der Waals surface area contributed by atoms with Gasteiger partial charge >= 0.3 is 0 Å². The molecule has 1 atom stereocenters. The van der Waals surface area contributed by atoms with E-state index in [1.165, 1.54) is 38.8 Å². The third kappa shape index (κ3) is 3.46. The summed E-state index contributed by atoms with van der Waals surface area (Å²) >= 11 is 0. The van der Waals surface area contributed by atoms with Crippen molar-refractivity contribution in [2.24, 2.45) is 0 Å². The molecule has 106 valence electrons. The lowest BCUT2D eigenvalue weighted by atomic mass is 9.91. The molecule has 1 aliphatic heterocycles. The molecule has 1 heterocycles. The van der Waals surface area contributed by atoms with Crippen LogP contribution < -0.4 is 5.32 Å². The van der Waals surface area contributed by atoms with Crippen molar-refractivity contribution in [3.05, 3.63) is 0 Å². The predicted octanol–water partition coefficient (Wildman–Crippen LogP) is 2.41. The number of rotatable bonds is 3. The molecule has 0 bridgehead atoms. The van der Waals surface area contributed by atoms with Crippen LogP contribution in [-0.4, -0.2) is 48.3 Å². The number of hydrogen-bond acceptors (Lipinski definition) is 3. The SMILES string of the molecule is CC1CN(CCOC(C)(C)C)C2(CCCC2)CN1. The third-order valence-corrected chi connectivity index (χ3v) is 4.38. The van der Waals surface area contributed by atoms with Gasteiger partial charge in [0, 0.05) is 31.2 Å². The number of hydrogen-bond donors (Lipinski definition) is 1. The molecule has 1 unspecified atom stereocenters. The molecule has 3 heteroatoms. The van der Waals surface area contributed by atoms with Crippen LogP contribution >= 0.6 is 0 Å². The highest BCUT2D eigenvalue weighted by Gasteiger charge is 2.42. The minimum absolute atomic E-state index is 0.0114. The molecule has 2 aliphatic rings. The van der Waals surface area contributed by atoms with Crippen LogP contribution in [0.15, 0.2) is 0 Å². The number of nitrogens with zero attached hydrogens (tertiary/aromatic N) is 1. The summed E-state index contributed by atoms with van der Waals surface area (Å²) < 4.78 is 5.91. The van der Waals surface area contributed by atoms with Gasteiger partial charge in [-0.2, -0.15) is 0 Å². The Labute approximate surface area is 112 Å². The normalized spacial score (nSPS) is 29.0. The summed E-state index contributed by atoms with van der Waals surface area (Å²) in [6.45, 7) is 13.0. The standard InChI is InChI=1S/C15H30N2O/c1-13-11-17(9-10-18-14(2,3)4)15(12-16-13)7-5-6-8-15/h13,16H,5-12H2,1-4H3. The highest BCUT2D eigenvalue weighted by molar-refractivity contribution is 5.01. The van der Waals surface area contributed by atoms with Crippen LogP contribution in [0.3, 0.4) is 0 Å². The highest BCUT2D eigenvalue weighted by Crippen LogP contribution is 2.36. The Kier molecular flexibility index (Phi) is 4.35. The first-order valence-corrected chi connectivity index (χ1v) is 7.54. The second-order valence-corrected chi connectivity index (χ2v) is 7.12. The molecule has 0 aromatic carbocycles. The van der Waals surface area contributed by atoms with Gasteiger partial charge in [-0.25, -0.2) is 0 Å². The quantitative estimate of drug-likeness (QED) is 0.837. The van der Waals surface area contributed by atoms with E-state index >= 15 is 0 Å². The molecule has 18 heavy (non-hydrogen) atoms. The van der Waals surface area contributed by atoms with E-state index in [1.54, 1.807) is 0 Å². The first kappa shape index (κ1) is 14.3. The van der Waals surface area contributed by atoms with Crippen molar-refractivity contribution < 1.29 is 4.74 Å². The van der Waals surface area contributed by atoms with E-state index in [2.05, 4.69) is 37.9 Å². The zero-order valence-corrected chi connectivity index (χ0v) is 12.6. The van der Waals surface area contributed by atoms with E-state index in [0.29, 0.717) is 11.6 Å². The van der Waals surface area contributed by atoms with Gasteiger partial charge < -0.3 is 10.1 Å². The maximum Gasteiger partial charge on any atom is 0.0600 e. The van der Waals surface area contributed by atoms with E-state index < -0.39 is 0 Å². The summed E-state index contributed by atoms with van der Waals surface area (Å²) in [5.41, 5.74) is 0.427. The van der Waals surface area contributed by atoms with Crippen LogP contribution in [0.1, 0.15) is 53.4 Å². The monoisotopic (exact) mass is 254 g/mol. The number of piperazine rings is 1. The van der Waals surface area contributed by atoms with Crippen LogP contribution in [0.25, 0.3) is 0 Å². The summed E-state index contributed by atoms with van der Waals surface area (Å²) in [4.78, 5) is 2.70. The van der Waals surface area contributed by atoms with E-state index in [1.807, 2.05) is 0 Å². The average molecular weight is 254 g/mol. The Morgan fingerprint density at radius 1 is 1.28 bits per heavy atom. The summed E-state index contributed by atoms with van der Waals surface area (Å²) in [6, 6.07) is 0.617. The number of ether oxygens (including phenoxy) is 1. The van der Waals surface area contributed by atoms with Gasteiger partial charge in [0.2, 0.25) is 0 Å². The Hall–Kier alpha value is -0.120. The zero-order valence-electron chi connectivity index (χ0n) is 12.6. The van der Waals surface area contributed by atoms with Gasteiger partial charge in [-0.1, -0.05) is 12.8 Å². The molecule has 3 nitrogen and oxygen atoms in total. The fourth-order valence-electron chi connectivity index (χ4n) is 3.38. The third-order valence-electron chi connectivity index (χ3n) is 4.38. The van der Waals surface area contributed by atoms with Gasteiger partial charge in [0.05, 0.1) is 12.2 Å². The Balaban J connectivity index is 1.90. The Bertz CT molecular complexity index is 266. The van der Waals surface area contributed by atoms with Crippen LogP contribution in [0.5, 0.6) is 0 Å². The maximum absolute atomic E-state index is 5.91. The molecule has 1 N–H and O–H groups in total. The molecule has 1 saturated carbocycles. The largest absolute Gasteiger partial charge is 0.375 e. The van der Waals surface area contributed by atoms with Crippen LogP contribution in [0.2, 0.25) is 0 Å². The fraction of sp³-hybridized carbons (Fsp3) is 1.00. The van der Waals surface area contributed by atoms with Crippen molar-refractivity contribution in [3.8, 4) is 0 Å². The molecule has 1 aliphatic carbocycles. The van der Waals surface area contributed by atoms with Crippen LogP contribution in [0.4, 0.5) is 0 Å². The molecule has 2 fully saturated rings. The lowest BCUT2D eigenvalue weighted by molar-refractivity contribution is -0.0378. The molecule has 0 amide bonds. The molecule has 0 aromatic heterocycles. The first-order chi connectivity index (χ1) is 8.41. The summed E-state index contributed by atoms with van der Waals surface area (Å²) in [5, 5.41) is 3.67. The van der Waals surface area contributed by atoms with Crippen molar-refractivity contribution in [1.29, 1.82) is 0 Å². The molecule has 2 rings (SSSR count). The minimum Gasteiger partial charge on any atom is -0.375 e. The van der Waals surface area contributed by atoms with Crippen LogP contribution in [-0.2, 0) is 4.74 Å². The minimum atomic E-state index is -0.0114. The van der Waals surface area contributed by atoms with E-state index in [9.17, 15) is 0 Å². The second-order valence-electron chi connectivity index (χ2n) is 7.12. The molecule has 1 saturated heterocycles. The van der Waals surface area contributed by atoms with Crippen molar-refractivity contribution in [1.82, 2.24) is 10.2 Å². The summed E-state index contributed by atoms with van der Waals surface area (Å²) in [6.07, 6.45) is 5.52. The lowest BCUT2D eigenvalue weighted by Gasteiger charge is -2.48. The molecular weight excluding hydrogens is 224 g/mol. The van der Waals surface area contributed by atoms with Crippen molar-refractivity contribution in [3.63, 3.8) is 0 Å². The zero-order chi connectivity index (χ0) is 13.2. The van der Waals surface area contributed by atoms with Gasteiger partial charge in [0.15, 0.2) is 0 Å². The predicted molar refractivity (Wildman–Crippen MR) is 75.9 cm³/mol. The fourth-order valence-corrected chi connectivity index (χ4v) is 3.38. The van der Waals surface area contributed by atoms with Gasteiger partial charge in [-0.15, -0.1) is 0 Å². The lowest BCUT2D eigenvalue weighted by Crippen LogP contribution is -2.63. The van der Waals surface area contributed by atoms with E-state index in [-0.39, 0.29) is 5.60 Å². The smallest absolute Gasteiger partial charge is 0.0600 e.